The van der Waals surface area contributed by atoms with E-state index in [1.807, 2.05) is 25.8 Å². The van der Waals surface area contributed by atoms with Gasteiger partial charge < -0.3 is 25.4 Å². The first kappa shape index (κ1) is 29.7. The molecule has 1 fully saturated rings. The number of halogens is 1. The van der Waals surface area contributed by atoms with Gasteiger partial charge in [0.05, 0.1) is 25.3 Å². The minimum absolute atomic E-state index is 0.0762. The molecule has 1 aromatic heterocycles. The Bertz CT molecular complexity index is 1160. The molecule has 0 radical (unpaired) electrons. The lowest BCUT2D eigenvalue weighted by Gasteiger charge is -2.34. The van der Waals surface area contributed by atoms with Crippen molar-refractivity contribution < 1.29 is 23.8 Å². The number of nitrogens with one attached hydrogen (secondary N) is 2. The van der Waals surface area contributed by atoms with Gasteiger partial charge in [-0.1, -0.05) is 26.2 Å². The fraction of sp³-hybridized carbons (Fsp3) is 0.567. The molecule has 1 saturated carbocycles. The number of benzene rings is 1. The van der Waals surface area contributed by atoms with E-state index in [9.17, 15) is 19.1 Å². The molecule has 0 bridgehead atoms. The predicted octanol–water partition coefficient (Wildman–Crippen LogP) is 3.96. The molecule has 3 atom stereocenters. The summed E-state index contributed by atoms with van der Waals surface area (Å²) in [5.41, 5.74) is 1.79. The molecular weight excluding hydrogens is 513 g/mol. The van der Waals surface area contributed by atoms with Crippen molar-refractivity contribution in [3.05, 3.63) is 53.6 Å². The van der Waals surface area contributed by atoms with Crippen LogP contribution in [0.15, 0.2) is 36.7 Å². The molecule has 2 heterocycles. The monoisotopic (exact) mass is 555 g/mol. The molecule has 10 heteroatoms. The van der Waals surface area contributed by atoms with E-state index in [4.69, 9.17) is 4.74 Å². The van der Waals surface area contributed by atoms with Crippen molar-refractivity contribution in [2.75, 3.05) is 32.1 Å². The molecule has 1 aliphatic carbocycles. The largest absolute Gasteiger partial charge is 0.488 e. The number of carbonyl (C=O) groups is 2. The van der Waals surface area contributed by atoms with Crippen LogP contribution in [-0.2, 0) is 17.8 Å². The van der Waals surface area contributed by atoms with Crippen LogP contribution in [-0.4, -0.2) is 76.8 Å². The number of nitrogens with zero attached hydrogens (tertiary/aromatic N) is 3. The number of hydrogen-bond acceptors (Lipinski definition) is 6. The van der Waals surface area contributed by atoms with E-state index in [-0.39, 0.29) is 54.9 Å². The number of fused-ring (bicyclic) bond motifs is 1. The number of aliphatic hydroxyl groups excluding tert-OH is 1. The minimum Gasteiger partial charge on any atom is -0.488 e. The van der Waals surface area contributed by atoms with Crippen LogP contribution in [0.3, 0.4) is 0 Å². The number of hydrogen-bond donors (Lipinski definition) is 3. The van der Waals surface area contributed by atoms with E-state index >= 15 is 0 Å². The maximum Gasteiger partial charge on any atom is 0.319 e. The third-order valence-corrected chi connectivity index (χ3v) is 7.90. The highest BCUT2D eigenvalue weighted by molar-refractivity contribution is 5.90. The van der Waals surface area contributed by atoms with Gasteiger partial charge in [-0.05, 0) is 51.1 Å². The van der Waals surface area contributed by atoms with Gasteiger partial charge in [0, 0.05) is 54.6 Å². The number of urea groups is 1. The molecule has 218 valence electrons. The van der Waals surface area contributed by atoms with Crippen LogP contribution in [0.1, 0.15) is 57.1 Å². The van der Waals surface area contributed by atoms with Crippen LogP contribution >= 0.6 is 0 Å². The third-order valence-electron chi connectivity index (χ3n) is 7.90. The van der Waals surface area contributed by atoms with Gasteiger partial charge in [-0.25, -0.2) is 9.18 Å². The van der Waals surface area contributed by atoms with Crippen molar-refractivity contribution >= 4 is 17.6 Å². The lowest BCUT2D eigenvalue weighted by molar-refractivity contribution is -0.134. The predicted molar refractivity (Wildman–Crippen MR) is 152 cm³/mol. The van der Waals surface area contributed by atoms with Gasteiger partial charge >= 0.3 is 6.03 Å². The van der Waals surface area contributed by atoms with Gasteiger partial charge in [-0.2, -0.15) is 0 Å². The normalized spacial score (nSPS) is 21.1. The zero-order valence-corrected chi connectivity index (χ0v) is 23.7. The Morgan fingerprint density at radius 2 is 2.05 bits per heavy atom. The topological polar surface area (TPSA) is 107 Å². The molecule has 2 aliphatic rings. The second kappa shape index (κ2) is 13.9. The second-order valence-electron chi connectivity index (χ2n) is 11.3. The number of pyridine rings is 1. The number of rotatable bonds is 8. The first-order valence-corrected chi connectivity index (χ1v) is 14.3. The SMILES string of the molecule is C[C@@H]1CN([C@@H](C)CO)C(=O)Cc2cc(NC(=O)NC3CCCCC3)ccc2O[C@H]1CN(C)Cc1ccncc1F. The first-order chi connectivity index (χ1) is 19.2. The summed E-state index contributed by atoms with van der Waals surface area (Å²) in [6.07, 6.45) is 7.97. The molecule has 1 aliphatic heterocycles. The van der Waals surface area contributed by atoms with E-state index in [1.165, 1.54) is 12.6 Å². The molecule has 4 rings (SSSR count). The Labute approximate surface area is 236 Å². The van der Waals surface area contributed by atoms with Gasteiger partial charge in [0.15, 0.2) is 0 Å². The number of ether oxygens (including phenoxy) is 1. The van der Waals surface area contributed by atoms with E-state index in [0.717, 1.165) is 25.7 Å². The third kappa shape index (κ3) is 7.91. The van der Waals surface area contributed by atoms with Crippen molar-refractivity contribution in [1.29, 1.82) is 0 Å². The highest BCUT2D eigenvalue weighted by atomic mass is 19.1. The molecule has 0 saturated heterocycles. The van der Waals surface area contributed by atoms with E-state index in [1.54, 1.807) is 35.4 Å². The first-order valence-electron chi connectivity index (χ1n) is 14.3. The van der Waals surface area contributed by atoms with E-state index in [0.29, 0.717) is 42.2 Å². The maximum absolute atomic E-state index is 14.2. The Kier molecular flexibility index (Phi) is 10.3. The number of carbonyl (C=O) groups excluding carboxylic acids is 2. The summed E-state index contributed by atoms with van der Waals surface area (Å²) in [6.45, 7) is 4.97. The fourth-order valence-corrected chi connectivity index (χ4v) is 5.52. The fourth-order valence-electron chi connectivity index (χ4n) is 5.52. The van der Waals surface area contributed by atoms with Crippen LogP contribution in [0, 0.1) is 11.7 Å². The zero-order chi connectivity index (χ0) is 28.6. The van der Waals surface area contributed by atoms with Crippen molar-refractivity contribution in [3.63, 3.8) is 0 Å². The van der Waals surface area contributed by atoms with Crippen LogP contribution in [0.2, 0.25) is 0 Å². The van der Waals surface area contributed by atoms with Crippen LogP contribution < -0.4 is 15.4 Å². The van der Waals surface area contributed by atoms with Gasteiger partial charge in [0.2, 0.25) is 5.91 Å². The van der Waals surface area contributed by atoms with Gasteiger partial charge in [0.25, 0.3) is 0 Å². The number of likely N-dealkylation sites (N-methyl/N-ethyl adjacent to an activating group) is 1. The van der Waals surface area contributed by atoms with E-state index in [2.05, 4.69) is 15.6 Å². The number of amides is 3. The second-order valence-corrected chi connectivity index (χ2v) is 11.3. The quantitative estimate of drug-likeness (QED) is 0.455. The zero-order valence-electron chi connectivity index (χ0n) is 23.7. The van der Waals surface area contributed by atoms with Crippen molar-refractivity contribution in [1.82, 2.24) is 20.1 Å². The highest BCUT2D eigenvalue weighted by Crippen LogP contribution is 2.29. The van der Waals surface area contributed by atoms with Gasteiger partial charge in [-0.15, -0.1) is 0 Å². The van der Waals surface area contributed by atoms with Gasteiger partial charge in [-0.3, -0.25) is 14.7 Å². The van der Waals surface area contributed by atoms with Crippen molar-refractivity contribution in [3.8, 4) is 5.75 Å². The molecular formula is C30H42FN5O4. The van der Waals surface area contributed by atoms with Gasteiger partial charge in [0.1, 0.15) is 17.7 Å². The summed E-state index contributed by atoms with van der Waals surface area (Å²) in [5.74, 6) is 0.0253. The Hall–Kier alpha value is -3.24. The molecule has 40 heavy (non-hydrogen) atoms. The summed E-state index contributed by atoms with van der Waals surface area (Å²) in [5, 5.41) is 15.8. The van der Waals surface area contributed by atoms with Crippen molar-refractivity contribution in [2.45, 2.75) is 77.1 Å². The summed E-state index contributed by atoms with van der Waals surface area (Å²) in [7, 11) is 1.90. The smallest absolute Gasteiger partial charge is 0.319 e. The number of anilines is 1. The summed E-state index contributed by atoms with van der Waals surface area (Å²) >= 11 is 0. The Morgan fingerprint density at radius 1 is 1.27 bits per heavy atom. The molecule has 3 N–H and O–H groups in total. The van der Waals surface area contributed by atoms with Crippen molar-refractivity contribution in [2.24, 2.45) is 5.92 Å². The Morgan fingerprint density at radius 3 is 2.77 bits per heavy atom. The Balaban J connectivity index is 1.54. The summed E-state index contributed by atoms with van der Waals surface area (Å²) in [4.78, 5) is 33.6. The molecule has 9 nitrogen and oxygen atoms in total. The average molecular weight is 556 g/mol. The lowest BCUT2D eigenvalue weighted by Crippen LogP contribution is -2.47. The number of aliphatic hydroxyl groups is 1. The molecule has 3 amide bonds. The summed E-state index contributed by atoms with van der Waals surface area (Å²) in [6, 6.07) is 6.60. The molecule has 1 aromatic carbocycles. The molecule has 2 aromatic rings. The highest BCUT2D eigenvalue weighted by Gasteiger charge is 2.31. The average Bonchev–Trinajstić information content (AvgIpc) is 2.97. The number of aromatic nitrogens is 1. The standard InChI is InChI=1S/C30H42FN5O4/c1-20-16-36(21(2)19-37)29(38)14-23-13-25(34-30(39)33-24-7-5-4-6-8-24)9-10-27(23)40-28(20)18-35(3)17-22-11-12-32-15-26(22)31/h9-13,15,20-21,24,28,37H,4-8,14,16-19H2,1-3H3,(H2,33,34,39)/t20-,21+,28+/m1/s1. The maximum atomic E-state index is 14.2. The van der Waals surface area contributed by atoms with Crippen LogP contribution in [0.25, 0.3) is 0 Å². The lowest BCUT2D eigenvalue weighted by atomic mass is 9.96. The van der Waals surface area contributed by atoms with Crippen LogP contribution in [0.4, 0.5) is 14.9 Å². The summed E-state index contributed by atoms with van der Waals surface area (Å²) < 4.78 is 20.8. The minimum atomic E-state index is -0.358. The molecule has 0 spiro atoms. The van der Waals surface area contributed by atoms with Crippen LogP contribution in [0.5, 0.6) is 5.75 Å². The molecule has 0 unspecified atom stereocenters. The van der Waals surface area contributed by atoms with E-state index < -0.39 is 0 Å².